The lowest BCUT2D eigenvalue weighted by Crippen LogP contribution is -2.08. The van der Waals surface area contributed by atoms with Gasteiger partial charge in [-0.15, -0.1) is 5.10 Å². The second kappa shape index (κ2) is 4.91. The molecule has 2 aromatic rings. The molecule has 0 saturated carbocycles. The van der Waals surface area contributed by atoms with Gasteiger partial charge in [-0.3, -0.25) is 0 Å². The Morgan fingerprint density at radius 2 is 2.12 bits per heavy atom. The lowest BCUT2D eigenvalue weighted by Gasteiger charge is -2.05. The number of nitrogen functional groups attached to an aromatic ring is 1. The number of hydrogen-bond acceptors (Lipinski definition) is 6. The van der Waals surface area contributed by atoms with Crippen LogP contribution < -0.4 is 16.0 Å². The number of rotatable bonds is 4. The van der Waals surface area contributed by atoms with E-state index in [1.807, 2.05) is 31.2 Å². The topological polar surface area (TPSA) is 73.1 Å². The van der Waals surface area contributed by atoms with E-state index in [1.54, 1.807) is 0 Å². The Bertz CT molecular complexity index is 454. The smallest absolute Gasteiger partial charge is 0.150 e. The molecule has 0 unspecified atom stereocenters. The quantitative estimate of drug-likeness (QED) is 0.624. The molecule has 1 aromatic heterocycles. The molecular weight excluding hydrogens is 224 g/mol. The number of benzene rings is 1. The van der Waals surface area contributed by atoms with Crippen molar-refractivity contribution >= 4 is 16.5 Å². The summed E-state index contributed by atoms with van der Waals surface area (Å²) in [7, 11) is 0. The largest absolute Gasteiger partial charge is 0.487 e. The zero-order valence-electron chi connectivity index (χ0n) is 8.80. The van der Waals surface area contributed by atoms with E-state index in [1.165, 1.54) is 17.1 Å². The minimum atomic E-state index is 0.360. The third kappa shape index (κ3) is 2.47. The summed E-state index contributed by atoms with van der Waals surface area (Å²) in [5.74, 6) is 6.12. The van der Waals surface area contributed by atoms with Crippen LogP contribution in [0.3, 0.4) is 0 Å². The van der Waals surface area contributed by atoms with E-state index in [4.69, 9.17) is 10.6 Å². The Hall–Kier alpha value is -1.66. The van der Waals surface area contributed by atoms with E-state index in [0.717, 1.165) is 10.8 Å². The monoisotopic (exact) mass is 236 g/mol. The van der Waals surface area contributed by atoms with Gasteiger partial charge >= 0.3 is 0 Å². The van der Waals surface area contributed by atoms with Gasteiger partial charge in [-0.2, -0.15) is 0 Å². The van der Waals surface area contributed by atoms with Gasteiger partial charge in [-0.1, -0.05) is 22.2 Å². The standard InChI is InChI=1S/C10H12N4OS/c1-7-2-4-8(5-3-7)15-6-9-10(12-11)16-14-13-9/h2-5,12H,6,11H2,1H3. The highest BCUT2D eigenvalue weighted by atomic mass is 32.1. The maximum Gasteiger partial charge on any atom is 0.150 e. The van der Waals surface area contributed by atoms with Crippen LogP contribution in [0.1, 0.15) is 11.3 Å². The molecule has 0 bridgehead atoms. The van der Waals surface area contributed by atoms with Crippen LogP contribution >= 0.6 is 11.5 Å². The highest BCUT2D eigenvalue weighted by molar-refractivity contribution is 7.10. The number of nitrogens with two attached hydrogens (primary N) is 1. The number of hydrazine groups is 1. The Balaban J connectivity index is 1.99. The number of ether oxygens (including phenoxy) is 1. The van der Waals surface area contributed by atoms with Gasteiger partial charge in [0.05, 0.1) is 0 Å². The average Bonchev–Trinajstić information content (AvgIpc) is 2.76. The number of aromatic nitrogens is 2. The average molecular weight is 236 g/mol. The molecule has 0 radical (unpaired) electrons. The zero-order chi connectivity index (χ0) is 11.4. The molecule has 5 nitrogen and oxygen atoms in total. The maximum atomic E-state index is 5.56. The van der Waals surface area contributed by atoms with Crippen molar-refractivity contribution < 1.29 is 4.74 Å². The van der Waals surface area contributed by atoms with Crippen LogP contribution in [0.15, 0.2) is 24.3 Å². The van der Waals surface area contributed by atoms with Gasteiger partial charge in [0.2, 0.25) is 0 Å². The molecule has 2 rings (SSSR count). The molecule has 84 valence electrons. The van der Waals surface area contributed by atoms with Crippen molar-refractivity contribution in [2.24, 2.45) is 5.84 Å². The van der Waals surface area contributed by atoms with E-state index in [-0.39, 0.29) is 0 Å². The van der Waals surface area contributed by atoms with Crippen molar-refractivity contribution in [1.29, 1.82) is 0 Å². The minimum Gasteiger partial charge on any atom is -0.487 e. The first-order chi connectivity index (χ1) is 7.79. The molecule has 0 amide bonds. The number of anilines is 1. The van der Waals surface area contributed by atoms with Crippen LogP contribution in [0.25, 0.3) is 0 Å². The third-order valence-corrected chi connectivity index (χ3v) is 2.78. The van der Waals surface area contributed by atoms with Crippen LogP contribution in [0.4, 0.5) is 5.00 Å². The molecule has 16 heavy (non-hydrogen) atoms. The molecule has 0 fully saturated rings. The lowest BCUT2D eigenvalue weighted by molar-refractivity contribution is 0.301. The van der Waals surface area contributed by atoms with Crippen LogP contribution in [0.2, 0.25) is 0 Å². The highest BCUT2D eigenvalue weighted by Gasteiger charge is 2.06. The Labute approximate surface area is 97.4 Å². The van der Waals surface area contributed by atoms with Gasteiger partial charge in [0.15, 0.2) is 5.00 Å². The minimum absolute atomic E-state index is 0.360. The summed E-state index contributed by atoms with van der Waals surface area (Å²) in [6, 6.07) is 7.84. The highest BCUT2D eigenvalue weighted by Crippen LogP contribution is 2.19. The van der Waals surface area contributed by atoms with Gasteiger partial charge in [0.1, 0.15) is 18.1 Å². The summed E-state index contributed by atoms with van der Waals surface area (Å²) >= 11 is 1.21. The number of nitrogens with one attached hydrogen (secondary N) is 1. The molecule has 0 aliphatic heterocycles. The summed E-state index contributed by atoms with van der Waals surface area (Å²) in [5, 5.41) is 4.65. The second-order valence-corrected chi connectivity index (χ2v) is 4.05. The Morgan fingerprint density at radius 3 is 2.81 bits per heavy atom. The summed E-state index contributed by atoms with van der Waals surface area (Å²) < 4.78 is 9.35. The summed E-state index contributed by atoms with van der Waals surface area (Å²) in [5.41, 5.74) is 4.45. The normalized spacial score (nSPS) is 10.1. The molecule has 1 heterocycles. The molecule has 0 saturated heterocycles. The van der Waals surface area contributed by atoms with Crippen molar-refractivity contribution in [1.82, 2.24) is 9.59 Å². The van der Waals surface area contributed by atoms with Crippen molar-refractivity contribution in [3.05, 3.63) is 35.5 Å². The molecular formula is C10H12N4OS. The van der Waals surface area contributed by atoms with E-state index in [0.29, 0.717) is 12.3 Å². The van der Waals surface area contributed by atoms with Crippen LogP contribution in [0.5, 0.6) is 5.75 Å². The summed E-state index contributed by atoms with van der Waals surface area (Å²) in [6.07, 6.45) is 0. The number of aryl methyl sites for hydroxylation is 1. The van der Waals surface area contributed by atoms with E-state index < -0.39 is 0 Å². The van der Waals surface area contributed by atoms with Gasteiger partial charge in [0.25, 0.3) is 0 Å². The molecule has 0 aliphatic rings. The summed E-state index contributed by atoms with van der Waals surface area (Å²) in [4.78, 5) is 0. The molecule has 3 N–H and O–H groups in total. The van der Waals surface area contributed by atoms with Crippen molar-refractivity contribution in [3.8, 4) is 5.75 Å². The van der Waals surface area contributed by atoms with Crippen LogP contribution in [-0.2, 0) is 6.61 Å². The third-order valence-electron chi connectivity index (χ3n) is 2.08. The number of hydrogen-bond donors (Lipinski definition) is 2. The molecule has 0 atom stereocenters. The van der Waals surface area contributed by atoms with Crippen molar-refractivity contribution in [3.63, 3.8) is 0 Å². The first-order valence-corrected chi connectivity index (χ1v) is 5.54. The first kappa shape index (κ1) is 10.8. The molecule has 0 spiro atoms. The first-order valence-electron chi connectivity index (χ1n) is 4.77. The molecule has 6 heteroatoms. The molecule has 1 aromatic carbocycles. The fourth-order valence-corrected chi connectivity index (χ4v) is 1.68. The zero-order valence-corrected chi connectivity index (χ0v) is 9.62. The van der Waals surface area contributed by atoms with Gasteiger partial charge < -0.3 is 10.2 Å². The Kier molecular flexibility index (Phi) is 3.33. The van der Waals surface area contributed by atoms with Gasteiger partial charge in [0, 0.05) is 11.5 Å². The summed E-state index contributed by atoms with van der Waals surface area (Å²) in [6.45, 7) is 2.39. The maximum absolute atomic E-state index is 5.56. The van der Waals surface area contributed by atoms with E-state index in [9.17, 15) is 0 Å². The number of nitrogens with zero attached hydrogens (tertiary/aromatic N) is 2. The van der Waals surface area contributed by atoms with E-state index >= 15 is 0 Å². The SMILES string of the molecule is Cc1ccc(OCc2nnsc2NN)cc1. The van der Waals surface area contributed by atoms with Gasteiger partial charge in [-0.25, -0.2) is 5.84 Å². The van der Waals surface area contributed by atoms with Crippen LogP contribution in [-0.4, -0.2) is 9.59 Å². The van der Waals surface area contributed by atoms with Crippen molar-refractivity contribution in [2.75, 3.05) is 5.43 Å². The predicted molar refractivity (Wildman–Crippen MR) is 63.2 cm³/mol. The second-order valence-electron chi connectivity index (χ2n) is 3.29. The van der Waals surface area contributed by atoms with E-state index in [2.05, 4.69) is 15.0 Å². The van der Waals surface area contributed by atoms with Crippen LogP contribution in [0, 0.1) is 6.92 Å². The molecule has 0 aliphatic carbocycles. The van der Waals surface area contributed by atoms with Gasteiger partial charge in [-0.05, 0) is 19.1 Å². The predicted octanol–water partition coefficient (Wildman–Crippen LogP) is 1.71. The lowest BCUT2D eigenvalue weighted by atomic mass is 10.2. The Morgan fingerprint density at radius 1 is 1.38 bits per heavy atom. The fourth-order valence-electron chi connectivity index (χ4n) is 1.20. The fraction of sp³-hybridized carbons (Fsp3) is 0.200. The van der Waals surface area contributed by atoms with Crippen molar-refractivity contribution in [2.45, 2.75) is 13.5 Å².